The van der Waals surface area contributed by atoms with Gasteiger partial charge in [0.15, 0.2) is 5.82 Å². The van der Waals surface area contributed by atoms with Crippen molar-refractivity contribution in [2.24, 2.45) is 0 Å². The van der Waals surface area contributed by atoms with Gasteiger partial charge in [-0.2, -0.15) is 5.10 Å². The highest BCUT2D eigenvalue weighted by molar-refractivity contribution is 6.07. The number of para-hydroxylation sites is 1. The van der Waals surface area contributed by atoms with E-state index in [2.05, 4.69) is 25.3 Å². The Morgan fingerprint density at radius 1 is 1.20 bits per heavy atom. The molecule has 3 heterocycles. The average molecular weight is 403 g/mol. The predicted molar refractivity (Wildman–Crippen MR) is 118 cm³/mol. The van der Waals surface area contributed by atoms with Crippen LogP contribution in [0, 0.1) is 0 Å². The Balaban J connectivity index is 1.41. The summed E-state index contributed by atoms with van der Waals surface area (Å²) in [6, 6.07) is 14.4. The third-order valence-electron chi connectivity index (χ3n) is 5.97. The lowest BCUT2D eigenvalue weighted by Gasteiger charge is -2.30. The summed E-state index contributed by atoms with van der Waals surface area (Å²) >= 11 is 0. The lowest BCUT2D eigenvalue weighted by Crippen LogP contribution is -2.39. The van der Waals surface area contributed by atoms with Gasteiger partial charge < -0.3 is 15.1 Å². The van der Waals surface area contributed by atoms with Gasteiger partial charge in [0.05, 0.1) is 11.1 Å². The number of hydrogen-bond donors (Lipinski definition) is 1. The highest BCUT2D eigenvalue weighted by atomic mass is 16.1. The van der Waals surface area contributed by atoms with Crippen LogP contribution in [0.2, 0.25) is 0 Å². The molecule has 1 aliphatic carbocycles. The molecule has 30 heavy (non-hydrogen) atoms. The molecule has 2 fully saturated rings. The summed E-state index contributed by atoms with van der Waals surface area (Å²) in [4.78, 5) is 22.2. The molecule has 1 atom stereocenters. The SMILES string of the molecule is CN(CC1CCCN1c1cccnn1)c1cc(C(=O)NC2CC2)c2ccccc2n1. The third-order valence-corrected chi connectivity index (χ3v) is 5.97. The van der Waals surface area contributed by atoms with Crippen LogP contribution in [0.3, 0.4) is 0 Å². The van der Waals surface area contributed by atoms with Gasteiger partial charge in [0.1, 0.15) is 5.82 Å². The molecule has 1 unspecified atom stereocenters. The van der Waals surface area contributed by atoms with E-state index >= 15 is 0 Å². The Hall–Kier alpha value is -3.22. The lowest BCUT2D eigenvalue weighted by atomic mass is 10.1. The molecule has 7 heteroatoms. The number of nitrogens with zero attached hydrogens (tertiary/aromatic N) is 5. The number of pyridine rings is 1. The molecule has 0 spiro atoms. The van der Waals surface area contributed by atoms with Crippen molar-refractivity contribution in [3.05, 3.63) is 54.2 Å². The van der Waals surface area contributed by atoms with E-state index in [1.807, 2.05) is 49.5 Å². The summed E-state index contributed by atoms with van der Waals surface area (Å²) in [7, 11) is 2.05. The van der Waals surface area contributed by atoms with E-state index in [0.717, 1.165) is 61.3 Å². The molecule has 7 nitrogen and oxygen atoms in total. The van der Waals surface area contributed by atoms with Crippen molar-refractivity contribution in [1.29, 1.82) is 0 Å². The topological polar surface area (TPSA) is 74.2 Å². The molecule has 0 radical (unpaired) electrons. The fourth-order valence-electron chi connectivity index (χ4n) is 4.22. The van der Waals surface area contributed by atoms with Gasteiger partial charge in [-0.25, -0.2) is 4.98 Å². The number of hydrogen-bond acceptors (Lipinski definition) is 6. The number of fused-ring (bicyclic) bond motifs is 1. The van der Waals surface area contributed by atoms with Crippen LogP contribution >= 0.6 is 0 Å². The molecule has 1 saturated carbocycles. The van der Waals surface area contributed by atoms with Gasteiger partial charge in [-0.15, -0.1) is 5.10 Å². The Bertz CT molecular complexity index is 1050. The largest absolute Gasteiger partial charge is 0.358 e. The Kier molecular flexibility index (Phi) is 4.94. The number of rotatable bonds is 6. The van der Waals surface area contributed by atoms with Crippen LogP contribution in [-0.2, 0) is 0 Å². The van der Waals surface area contributed by atoms with Gasteiger partial charge in [0.2, 0.25) is 0 Å². The Labute approximate surface area is 176 Å². The van der Waals surface area contributed by atoms with Crippen molar-refractivity contribution in [3.63, 3.8) is 0 Å². The summed E-state index contributed by atoms with van der Waals surface area (Å²) < 4.78 is 0. The van der Waals surface area contributed by atoms with Crippen LogP contribution in [0.1, 0.15) is 36.0 Å². The number of aromatic nitrogens is 3. The van der Waals surface area contributed by atoms with Gasteiger partial charge in [-0.1, -0.05) is 18.2 Å². The molecule has 1 N–H and O–H groups in total. The molecule has 1 aromatic carbocycles. The molecule has 2 aromatic heterocycles. The second kappa shape index (κ2) is 7.89. The Morgan fingerprint density at radius 3 is 2.87 bits per heavy atom. The minimum Gasteiger partial charge on any atom is -0.358 e. The maximum absolute atomic E-state index is 12.9. The van der Waals surface area contributed by atoms with E-state index < -0.39 is 0 Å². The molecule has 1 aliphatic heterocycles. The van der Waals surface area contributed by atoms with Gasteiger partial charge in [0, 0.05) is 43.8 Å². The minimum absolute atomic E-state index is 0.00666. The van der Waals surface area contributed by atoms with Crippen molar-refractivity contribution in [1.82, 2.24) is 20.5 Å². The zero-order valence-corrected chi connectivity index (χ0v) is 17.2. The van der Waals surface area contributed by atoms with E-state index in [4.69, 9.17) is 4.98 Å². The maximum atomic E-state index is 12.9. The smallest absolute Gasteiger partial charge is 0.252 e. The van der Waals surface area contributed by atoms with Crippen LogP contribution in [0.4, 0.5) is 11.6 Å². The van der Waals surface area contributed by atoms with Crippen LogP contribution in [0.25, 0.3) is 10.9 Å². The van der Waals surface area contributed by atoms with Crippen molar-refractivity contribution in [2.75, 3.05) is 29.9 Å². The lowest BCUT2D eigenvalue weighted by molar-refractivity contribution is 0.0952. The number of likely N-dealkylation sites (N-methyl/N-ethyl adjacent to an activating group) is 1. The molecule has 154 valence electrons. The molecule has 1 amide bonds. The second-order valence-corrected chi connectivity index (χ2v) is 8.24. The minimum atomic E-state index is -0.00666. The molecular weight excluding hydrogens is 376 g/mol. The summed E-state index contributed by atoms with van der Waals surface area (Å²) in [5.74, 6) is 1.73. The van der Waals surface area contributed by atoms with Crippen LogP contribution < -0.4 is 15.1 Å². The van der Waals surface area contributed by atoms with Gasteiger partial charge in [-0.05, 0) is 49.9 Å². The highest BCUT2D eigenvalue weighted by Gasteiger charge is 2.28. The third kappa shape index (κ3) is 3.79. The van der Waals surface area contributed by atoms with Crippen LogP contribution in [0.15, 0.2) is 48.7 Å². The second-order valence-electron chi connectivity index (χ2n) is 8.24. The van der Waals surface area contributed by atoms with Crippen molar-refractivity contribution in [2.45, 2.75) is 37.8 Å². The summed E-state index contributed by atoms with van der Waals surface area (Å²) in [6.07, 6.45) is 6.08. The molecule has 1 saturated heterocycles. The highest BCUT2D eigenvalue weighted by Crippen LogP contribution is 2.27. The normalized spacial score (nSPS) is 18.6. The van der Waals surface area contributed by atoms with Crippen LogP contribution in [-0.4, -0.2) is 53.3 Å². The predicted octanol–water partition coefficient (Wildman–Crippen LogP) is 3.02. The van der Waals surface area contributed by atoms with E-state index in [9.17, 15) is 4.79 Å². The number of anilines is 2. The monoisotopic (exact) mass is 402 g/mol. The first kappa shape index (κ1) is 18.8. The fourth-order valence-corrected chi connectivity index (χ4v) is 4.22. The van der Waals surface area contributed by atoms with E-state index in [0.29, 0.717) is 17.6 Å². The number of carbonyl (C=O) groups is 1. The van der Waals surface area contributed by atoms with E-state index in [-0.39, 0.29) is 5.91 Å². The fraction of sp³-hybridized carbons (Fsp3) is 0.391. The summed E-state index contributed by atoms with van der Waals surface area (Å²) in [5.41, 5.74) is 1.55. The van der Waals surface area contributed by atoms with Crippen molar-refractivity contribution in [3.8, 4) is 0 Å². The number of carbonyl (C=O) groups excluding carboxylic acids is 1. The molecule has 0 bridgehead atoms. The molecule has 2 aliphatic rings. The maximum Gasteiger partial charge on any atom is 0.252 e. The van der Waals surface area contributed by atoms with Crippen LogP contribution in [0.5, 0.6) is 0 Å². The van der Waals surface area contributed by atoms with Gasteiger partial charge in [-0.3, -0.25) is 4.79 Å². The van der Waals surface area contributed by atoms with Crippen molar-refractivity contribution >= 4 is 28.4 Å². The first-order chi connectivity index (χ1) is 14.7. The van der Waals surface area contributed by atoms with Gasteiger partial charge in [0.25, 0.3) is 5.91 Å². The standard InChI is InChI=1S/C23H26N6O/c1-28(15-17-6-5-13-29(17)21-9-4-12-24-27-21)22-14-19(23(30)25-16-10-11-16)18-7-2-3-8-20(18)26-22/h2-4,7-9,12,14,16-17H,5-6,10-11,13,15H2,1H3,(H,25,30). The first-order valence-electron chi connectivity index (χ1n) is 10.6. The number of benzene rings is 1. The quantitative estimate of drug-likeness (QED) is 0.683. The van der Waals surface area contributed by atoms with Gasteiger partial charge >= 0.3 is 0 Å². The number of amides is 1. The zero-order valence-electron chi connectivity index (χ0n) is 17.2. The Morgan fingerprint density at radius 2 is 2.07 bits per heavy atom. The molecule has 3 aromatic rings. The van der Waals surface area contributed by atoms with E-state index in [1.54, 1.807) is 6.20 Å². The molecular formula is C23H26N6O. The molecule has 5 rings (SSSR count). The zero-order chi connectivity index (χ0) is 20.5. The first-order valence-corrected chi connectivity index (χ1v) is 10.6. The summed E-state index contributed by atoms with van der Waals surface area (Å²) in [5, 5.41) is 12.3. The number of nitrogens with one attached hydrogen (secondary N) is 1. The van der Waals surface area contributed by atoms with E-state index in [1.165, 1.54) is 0 Å². The van der Waals surface area contributed by atoms with Crippen molar-refractivity contribution < 1.29 is 4.79 Å². The summed E-state index contributed by atoms with van der Waals surface area (Å²) in [6.45, 7) is 1.79. The average Bonchev–Trinajstić information content (AvgIpc) is 3.48.